The highest BCUT2D eigenvalue weighted by Gasteiger charge is 2.13. The van der Waals surface area contributed by atoms with Gasteiger partial charge < -0.3 is 14.8 Å². The van der Waals surface area contributed by atoms with Crippen LogP contribution < -0.4 is 14.8 Å². The first-order valence-corrected chi connectivity index (χ1v) is 8.17. The lowest BCUT2D eigenvalue weighted by Crippen LogP contribution is -2.17. The first kappa shape index (κ1) is 17.1. The zero-order valence-electron chi connectivity index (χ0n) is 12.7. The van der Waals surface area contributed by atoms with Crippen LogP contribution in [0.3, 0.4) is 0 Å². The molecule has 22 heavy (non-hydrogen) atoms. The largest absolute Gasteiger partial charge is 0.493 e. The summed E-state index contributed by atoms with van der Waals surface area (Å²) in [6, 6.07) is 11.8. The number of rotatable bonds is 7. The summed E-state index contributed by atoms with van der Waals surface area (Å²) in [5, 5.41) is 4.20. The Morgan fingerprint density at radius 3 is 2.41 bits per heavy atom. The van der Waals surface area contributed by atoms with Crippen LogP contribution >= 0.6 is 27.5 Å². The van der Waals surface area contributed by atoms with Gasteiger partial charge in [0.2, 0.25) is 0 Å². The maximum absolute atomic E-state index is 5.89. The van der Waals surface area contributed by atoms with Gasteiger partial charge in [0.15, 0.2) is 11.5 Å². The zero-order chi connectivity index (χ0) is 15.9. The Bertz CT molecular complexity index is 617. The molecule has 2 aromatic carbocycles. The molecule has 0 unspecified atom stereocenters. The predicted molar refractivity (Wildman–Crippen MR) is 94.1 cm³/mol. The fourth-order valence-corrected chi connectivity index (χ4v) is 2.81. The van der Waals surface area contributed by atoms with Crippen molar-refractivity contribution in [3.8, 4) is 11.5 Å². The summed E-state index contributed by atoms with van der Waals surface area (Å²) < 4.78 is 11.8. The van der Waals surface area contributed by atoms with Gasteiger partial charge in [0.1, 0.15) is 0 Å². The number of halogens is 2. The molecule has 0 heterocycles. The second kappa shape index (κ2) is 8.42. The molecule has 2 aromatic rings. The SMILES string of the molecule is COc1ccc(Br)c(CNCCc2ccc(Cl)cc2)c1OC. The van der Waals surface area contributed by atoms with Gasteiger partial charge in [0.25, 0.3) is 0 Å². The van der Waals surface area contributed by atoms with Gasteiger partial charge in [-0.25, -0.2) is 0 Å². The third kappa shape index (κ3) is 4.38. The number of nitrogens with one attached hydrogen (secondary N) is 1. The van der Waals surface area contributed by atoms with Crippen LogP contribution in [0.1, 0.15) is 11.1 Å². The smallest absolute Gasteiger partial charge is 0.166 e. The summed E-state index contributed by atoms with van der Waals surface area (Å²) in [5.41, 5.74) is 2.31. The van der Waals surface area contributed by atoms with Crippen molar-refractivity contribution in [2.24, 2.45) is 0 Å². The quantitative estimate of drug-likeness (QED) is 0.715. The molecule has 0 radical (unpaired) electrons. The molecule has 0 saturated carbocycles. The van der Waals surface area contributed by atoms with Crippen molar-refractivity contribution in [2.75, 3.05) is 20.8 Å². The minimum atomic E-state index is 0.703. The van der Waals surface area contributed by atoms with Crippen LogP contribution in [0, 0.1) is 0 Å². The van der Waals surface area contributed by atoms with Gasteiger partial charge in [-0.15, -0.1) is 0 Å². The van der Waals surface area contributed by atoms with Gasteiger partial charge in [-0.1, -0.05) is 39.7 Å². The number of hydrogen-bond acceptors (Lipinski definition) is 3. The van der Waals surface area contributed by atoms with Crippen LogP contribution in [0.25, 0.3) is 0 Å². The average Bonchev–Trinajstić information content (AvgIpc) is 2.54. The topological polar surface area (TPSA) is 30.5 Å². The molecular formula is C17H19BrClNO2. The Morgan fingerprint density at radius 2 is 1.77 bits per heavy atom. The number of hydrogen-bond donors (Lipinski definition) is 1. The molecule has 0 aliphatic heterocycles. The van der Waals surface area contributed by atoms with Gasteiger partial charge in [-0.3, -0.25) is 0 Å². The molecule has 0 aliphatic carbocycles. The third-order valence-electron chi connectivity index (χ3n) is 3.40. The third-order valence-corrected chi connectivity index (χ3v) is 4.39. The van der Waals surface area contributed by atoms with Gasteiger partial charge >= 0.3 is 0 Å². The minimum Gasteiger partial charge on any atom is -0.493 e. The fraction of sp³-hybridized carbons (Fsp3) is 0.294. The second-order valence-corrected chi connectivity index (χ2v) is 6.11. The minimum absolute atomic E-state index is 0.703. The van der Waals surface area contributed by atoms with E-state index < -0.39 is 0 Å². The first-order valence-electron chi connectivity index (χ1n) is 7.00. The van der Waals surface area contributed by atoms with Crippen LogP contribution in [0.4, 0.5) is 0 Å². The summed E-state index contributed by atoms with van der Waals surface area (Å²) in [4.78, 5) is 0. The molecule has 2 rings (SSSR count). The van der Waals surface area contributed by atoms with Crippen molar-refractivity contribution in [3.63, 3.8) is 0 Å². The van der Waals surface area contributed by atoms with E-state index in [1.54, 1.807) is 14.2 Å². The maximum atomic E-state index is 5.89. The van der Waals surface area contributed by atoms with Gasteiger partial charge in [0, 0.05) is 21.6 Å². The normalized spacial score (nSPS) is 10.5. The lowest BCUT2D eigenvalue weighted by atomic mass is 10.1. The van der Waals surface area contributed by atoms with Crippen molar-refractivity contribution in [2.45, 2.75) is 13.0 Å². The Labute approximate surface area is 144 Å². The van der Waals surface area contributed by atoms with Gasteiger partial charge in [-0.05, 0) is 42.8 Å². The lowest BCUT2D eigenvalue weighted by molar-refractivity contribution is 0.350. The second-order valence-electron chi connectivity index (χ2n) is 4.81. The van der Waals surface area contributed by atoms with Crippen LogP contribution in [0.5, 0.6) is 11.5 Å². The summed E-state index contributed by atoms with van der Waals surface area (Å²) in [5.74, 6) is 1.50. The van der Waals surface area contributed by atoms with Crippen molar-refractivity contribution < 1.29 is 9.47 Å². The van der Waals surface area contributed by atoms with Crippen molar-refractivity contribution in [1.82, 2.24) is 5.32 Å². The molecule has 0 aromatic heterocycles. The Balaban J connectivity index is 1.95. The molecule has 0 spiro atoms. The average molecular weight is 385 g/mol. The van der Waals surface area contributed by atoms with E-state index in [4.69, 9.17) is 21.1 Å². The van der Waals surface area contributed by atoms with E-state index >= 15 is 0 Å². The Morgan fingerprint density at radius 1 is 1.05 bits per heavy atom. The summed E-state index contributed by atoms with van der Waals surface area (Å²) in [7, 11) is 3.30. The van der Waals surface area contributed by atoms with Gasteiger partial charge in [0.05, 0.1) is 14.2 Å². The summed E-state index contributed by atoms with van der Waals surface area (Å²) in [6.45, 7) is 1.57. The van der Waals surface area contributed by atoms with Crippen molar-refractivity contribution >= 4 is 27.5 Å². The van der Waals surface area contributed by atoms with Gasteiger partial charge in [-0.2, -0.15) is 0 Å². The van der Waals surface area contributed by atoms with E-state index in [-0.39, 0.29) is 0 Å². The number of methoxy groups -OCH3 is 2. The summed E-state index contributed by atoms with van der Waals surface area (Å²) >= 11 is 9.45. The molecular weight excluding hydrogens is 366 g/mol. The molecule has 0 aliphatic rings. The lowest BCUT2D eigenvalue weighted by Gasteiger charge is -2.15. The van der Waals surface area contributed by atoms with Crippen LogP contribution in [-0.2, 0) is 13.0 Å². The molecule has 0 amide bonds. The van der Waals surface area contributed by atoms with Crippen molar-refractivity contribution in [3.05, 3.63) is 57.0 Å². The molecule has 3 nitrogen and oxygen atoms in total. The standard InChI is InChI=1S/C17H19BrClNO2/c1-21-16-8-7-15(18)14(17(16)22-2)11-20-10-9-12-3-5-13(19)6-4-12/h3-8,20H,9-11H2,1-2H3. The molecule has 1 N–H and O–H groups in total. The van der Waals surface area contributed by atoms with E-state index in [1.807, 2.05) is 36.4 Å². The first-order chi connectivity index (χ1) is 10.7. The van der Waals surface area contributed by atoms with Crippen LogP contribution in [0.15, 0.2) is 40.9 Å². The zero-order valence-corrected chi connectivity index (χ0v) is 15.0. The van der Waals surface area contributed by atoms with Crippen LogP contribution in [-0.4, -0.2) is 20.8 Å². The Hall–Kier alpha value is -1.23. The van der Waals surface area contributed by atoms with E-state index in [2.05, 4.69) is 21.2 Å². The van der Waals surface area contributed by atoms with E-state index in [0.717, 1.165) is 39.5 Å². The number of benzene rings is 2. The highest BCUT2D eigenvalue weighted by molar-refractivity contribution is 9.10. The highest BCUT2D eigenvalue weighted by atomic mass is 79.9. The van der Waals surface area contributed by atoms with E-state index in [9.17, 15) is 0 Å². The fourth-order valence-electron chi connectivity index (χ4n) is 2.23. The molecule has 0 atom stereocenters. The highest BCUT2D eigenvalue weighted by Crippen LogP contribution is 2.35. The Kier molecular flexibility index (Phi) is 6.55. The number of ether oxygens (including phenoxy) is 2. The van der Waals surface area contributed by atoms with Crippen LogP contribution in [0.2, 0.25) is 5.02 Å². The monoisotopic (exact) mass is 383 g/mol. The van der Waals surface area contributed by atoms with Crippen molar-refractivity contribution in [1.29, 1.82) is 0 Å². The molecule has 0 fully saturated rings. The molecule has 5 heteroatoms. The predicted octanol–water partition coefficient (Wildman–Crippen LogP) is 4.45. The maximum Gasteiger partial charge on any atom is 0.166 e. The molecule has 0 bridgehead atoms. The summed E-state index contributed by atoms with van der Waals surface area (Å²) in [6.07, 6.45) is 0.946. The van der Waals surface area contributed by atoms with E-state index in [1.165, 1.54) is 5.56 Å². The molecule has 0 saturated heterocycles. The molecule has 118 valence electrons. The van der Waals surface area contributed by atoms with E-state index in [0.29, 0.717) is 6.54 Å².